The van der Waals surface area contributed by atoms with Crippen LogP contribution in [-0.2, 0) is 0 Å². The molecule has 0 atom stereocenters. The van der Waals surface area contributed by atoms with E-state index in [-0.39, 0.29) is 39.8 Å². The lowest BCUT2D eigenvalue weighted by atomic mass is 10.6. The maximum atomic E-state index is 5.44. The standard InChI is InChI=1S/C5H4N10O.3H2O/c6-2-3(14-16-13-2)8-4-9-11-5-10-7-1-15(5)12-4;;;/h1H,(H2,6,13)(H,8,12,14);3*1H2. The summed E-state index contributed by atoms with van der Waals surface area (Å²) < 4.78 is 5.74. The minimum absolute atomic E-state index is 0. The van der Waals surface area contributed by atoms with Gasteiger partial charge >= 0.3 is 0 Å². The maximum absolute atomic E-state index is 5.44. The van der Waals surface area contributed by atoms with Crippen molar-refractivity contribution in [3.8, 4) is 0 Å². The van der Waals surface area contributed by atoms with E-state index in [1.807, 2.05) is 0 Å². The van der Waals surface area contributed by atoms with Crippen LogP contribution in [0.3, 0.4) is 0 Å². The summed E-state index contributed by atoms with van der Waals surface area (Å²) in [6, 6.07) is 0. The third kappa shape index (κ3) is 2.83. The molecule has 0 amide bonds. The van der Waals surface area contributed by atoms with E-state index in [0.717, 1.165) is 0 Å². The molecule has 0 aliphatic heterocycles. The van der Waals surface area contributed by atoms with Crippen LogP contribution in [-0.4, -0.2) is 56.8 Å². The van der Waals surface area contributed by atoms with Crippen molar-refractivity contribution < 1.29 is 21.1 Å². The topological polar surface area (TPSA) is 240 Å². The molecule has 14 heteroatoms. The molecular weight excluding hydrogens is 264 g/mol. The van der Waals surface area contributed by atoms with Gasteiger partial charge in [-0.25, -0.2) is 4.63 Å². The highest BCUT2D eigenvalue weighted by Gasteiger charge is 2.09. The average molecular weight is 274 g/mol. The first-order chi connectivity index (χ1) is 7.83. The average Bonchev–Trinajstić information content (AvgIpc) is 2.88. The largest absolute Gasteiger partial charge is 0.412 e. The van der Waals surface area contributed by atoms with Gasteiger partial charge in [0.2, 0.25) is 11.6 Å². The van der Waals surface area contributed by atoms with Crippen LogP contribution < -0.4 is 11.1 Å². The van der Waals surface area contributed by atoms with Gasteiger partial charge in [-0.05, 0) is 10.3 Å². The summed E-state index contributed by atoms with van der Waals surface area (Å²) in [5.74, 6) is 0.785. The minimum atomic E-state index is 0. The summed E-state index contributed by atoms with van der Waals surface area (Å²) in [4.78, 5) is 0. The fourth-order valence-electron chi connectivity index (χ4n) is 1.01. The molecule has 19 heavy (non-hydrogen) atoms. The lowest BCUT2D eigenvalue weighted by Crippen LogP contribution is -2.05. The predicted octanol–water partition coefficient (Wildman–Crippen LogP) is -3.85. The number of anilines is 3. The van der Waals surface area contributed by atoms with E-state index < -0.39 is 0 Å². The van der Waals surface area contributed by atoms with Gasteiger partial charge in [-0.3, -0.25) is 0 Å². The van der Waals surface area contributed by atoms with Gasteiger partial charge < -0.3 is 27.5 Å². The van der Waals surface area contributed by atoms with Gasteiger partial charge in [-0.15, -0.1) is 25.5 Å². The molecule has 0 bridgehead atoms. The fraction of sp³-hybridized carbons (Fsp3) is 0. The van der Waals surface area contributed by atoms with Crippen LogP contribution in [0.5, 0.6) is 0 Å². The summed E-state index contributed by atoms with van der Waals surface area (Å²) in [5, 5.41) is 28.3. The first kappa shape index (κ1) is 16.0. The third-order valence-corrected chi connectivity index (χ3v) is 1.69. The second-order valence-corrected chi connectivity index (χ2v) is 2.72. The van der Waals surface area contributed by atoms with Crippen molar-refractivity contribution in [1.29, 1.82) is 0 Å². The zero-order chi connectivity index (χ0) is 11.0. The number of nitrogens with zero attached hydrogens (tertiary/aromatic N) is 8. The Hall–Kier alpha value is -2.97. The Bertz CT molecular complexity index is 635. The van der Waals surface area contributed by atoms with Crippen molar-refractivity contribution in [2.75, 3.05) is 11.1 Å². The SMILES string of the molecule is Nc1nonc1Nc1nnc2nncn2n1.O.O.O. The number of rotatable bonds is 2. The van der Waals surface area contributed by atoms with Crippen molar-refractivity contribution in [1.82, 2.24) is 40.3 Å². The summed E-state index contributed by atoms with van der Waals surface area (Å²) in [5.41, 5.74) is 5.44. The monoisotopic (exact) mass is 274 g/mol. The zero-order valence-electron chi connectivity index (χ0n) is 9.14. The van der Waals surface area contributed by atoms with Gasteiger partial charge in [0.1, 0.15) is 6.33 Å². The van der Waals surface area contributed by atoms with Gasteiger partial charge in [0, 0.05) is 0 Å². The number of fused-ring (bicyclic) bond motifs is 1. The van der Waals surface area contributed by atoms with Crippen LogP contribution in [0.1, 0.15) is 0 Å². The minimum Gasteiger partial charge on any atom is -0.412 e. The molecule has 0 fully saturated rings. The molecule has 14 nitrogen and oxygen atoms in total. The van der Waals surface area contributed by atoms with E-state index in [2.05, 4.69) is 45.8 Å². The normalized spacial score (nSPS) is 9.05. The van der Waals surface area contributed by atoms with E-state index in [4.69, 9.17) is 5.73 Å². The van der Waals surface area contributed by atoms with Crippen LogP contribution in [0.25, 0.3) is 5.78 Å². The first-order valence-corrected chi connectivity index (χ1v) is 4.09. The summed E-state index contributed by atoms with van der Waals surface area (Å²) in [6.45, 7) is 0. The highest BCUT2D eigenvalue weighted by Crippen LogP contribution is 2.14. The molecule has 0 spiro atoms. The van der Waals surface area contributed by atoms with E-state index >= 15 is 0 Å². The molecule has 0 aliphatic carbocycles. The molecule has 0 aromatic carbocycles. The summed E-state index contributed by atoms with van der Waals surface area (Å²) in [6.07, 6.45) is 1.39. The van der Waals surface area contributed by atoms with Crippen molar-refractivity contribution in [3.63, 3.8) is 0 Å². The Morgan fingerprint density at radius 1 is 1.11 bits per heavy atom. The van der Waals surface area contributed by atoms with Crippen molar-refractivity contribution in [2.45, 2.75) is 0 Å². The Labute approximate surface area is 103 Å². The number of hydrogen-bond donors (Lipinski definition) is 2. The molecule has 0 aliphatic rings. The van der Waals surface area contributed by atoms with Gasteiger partial charge in [0.25, 0.3) is 11.7 Å². The summed E-state index contributed by atoms with van der Waals surface area (Å²) >= 11 is 0. The van der Waals surface area contributed by atoms with Gasteiger partial charge in [-0.2, -0.15) is 4.52 Å². The van der Waals surface area contributed by atoms with Gasteiger partial charge in [0.05, 0.1) is 0 Å². The molecule has 3 aromatic heterocycles. The highest BCUT2D eigenvalue weighted by molar-refractivity contribution is 5.59. The second kappa shape index (κ2) is 6.10. The Kier molecular flexibility index (Phi) is 5.14. The van der Waals surface area contributed by atoms with Crippen LogP contribution in [0.2, 0.25) is 0 Å². The molecule has 0 saturated carbocycles. The first-order valence-electron chi connectivity index (χ1n) is 4.09. The van der Waals surface area contributed by atoms with Crippen molar-refractivity contribution in [2.24, 2.45) is 0 Å². The van der Waals surface area contributed by atoms with Crippen molar-refractivity contribution >= 4 is 23.4 Å². The maximum Gasteiger partial charge on any atom is 0.290 e. The lowest BCUT2D eigenvalue weighted by Gasteiger charge is -1.98. The molecule has 0 radical (unpaired) electrons. The number of aromatic nitrogens is 8. The number of nitrogens with one attached hydrogen (secondary N) is 1. The van der Waals surface area contributed by atoms with Gasteiger partial charge in [-0.1, -0.05) is 0 Å². The lowest BCUT2D eigenvalue weighted by molar-refractivity contribution is 0.310. The summed E-state index contributed by atoms with van der Waals surface area (Å²) in [7, 11) is 0. The molecule has 0 saturated heterocycles. The molecule has 0 unspecified atom stereocenters. The fourth-order valence-corrected chi connectivity index (χ4v) is 1.01. The molecule has 9 N–H and O–H groups in total. The number of nitrogen functional groups attached to an aromatic ring is 1. The van der Waals surface area contributed by atoms with E-state index in [1.54, 1.807) is 0 Å². The predicted molar refractivity (Wildman–Crippen MR) is 59.2 cm³/mol. The Balaban J connectivity index is 0.00000108. The highest BCUT2D eigenvalue weighted by atomic mass is 16.6. The van der Waals surface area contributed by atoms with Crippen LogP contribution in [0.15, 0.2) is 11.0 Å². The molecule has 3 aromatic rings. The number of hydrogen-bond acceptors (Lipinski definition) is 10. The van der Waals surface area contributed by atoms with E-state index in [9.17, 15) is 0 Å². The van der Waals surface area contributed by atoms with E-state index in [0.29, 0.717) is 0 Å². The van der Waals surface area contributed by atoms with Gasteiger partial charge in [0.15, 0.2) is 0 Å². The Morgan fingerprint density at radius 3 is 2.58 bits per heavy atom. The second-order valence-electron chi connectivity index (χ2n) is 2.72. The van der Waals surface area contributed by atoms with Crippen molar-refractivity contribution in [3.05, 3.63) is 6.33 Å². The molecule has 3 rings (SSSR count). The van der Waals surface area contributed by atoms with Crippen LogP contribution >= 0.6 is 0 Å². The molecule has 104 valence electrons. The smallest absolute Gasteiger partial charge is 0.290 e. The zero-order valence-corrected chi connectivity index (χ0v) is 9.14. The Morgan fingerprint density at radius 2 is 1.89 bits per heavy atom. The molecular formula is C5H10N10O4. The number of nitrogens with two attached hydrogens (primary N) is 1. The quantitative estimate of drug-likeness (QED) is 0.460. The van der Waals surface area contributed by atoms with E-state index in [1.165, 1.54) is 10.8 Å². The third-order valence-electron chi connectivity index (χ3n) is 1.69. The van der Waals surface area contributed by atoms with Crippen LogP contribution in [0.4, 0.5) is 17.6 Å². The van der Waals surface area contributed by atoms with Crippen LogP contribution in [0, 0.1) is 0 Å². The molecule has 3 heterocycles.